The van der Waals surface area contributed by atoms with E-state index in [1.54, 1.807) is 0 Å². The molecule has 0 spiro atoms. The highest BCUT2D eigenvalue weighted by atomic mass is 14.9. The number of hydrogen-bond donors (Lipinski definition) is 1. The number of hydrogen-bond acceptors (Lipinski definition) is 1. The molecule has 29 heavy (non-hydrogen) atoms. The fraction of sp³-hybridized carbons (Fsp3) is 1.00. The maximum atomic E-state index is 3.84. The molecule has 0 fully saturated rings. The molecule has 0 aliphatic heterocycles. The molecule has 0 aliphatic carbocycles. The summed E-state index contributed by atoms with van der Waals surface area (Å²) in [7, 11) is 0. The Balaban J connectivity index is 3.29. The lowest BCUT2D eigenvalue weighted by Gasteiger charge is -2.20. The predicted molar refractivity (Wildman–Crippen MR) is 135 cm³/mol. The van der Waals surface area contributed by atoms with Crippen LogP contribution in [0.25, 0.3) is 0 Å². The summed E-state index contributed by atoms with van der Waals surface area (Å²) >= 11 is 0. The van der Waals surface area contributed by atoms with E-state index in [2.05, 4.69) is 33.0 Å². The molecule has 2 unspecified atom stereocenters. The van der Waals surface area contributed by atoms with Gasteiger partial charge in [-0.3, -0.25) is 0 Å². The van der Waals surface area contributed by atoms with Gasteiger partial charge in [0.2, 0.25) is 0 Å². The average molecular weight is 410 g/mol. The third kappa shape index (κ3) is 24.1. The van der Waals surface area contributed by atoms with Gasteiger partial charge in [-0.05, 0) is 26.7 Å². The van der Waals surface area contributed by atoms with Gasteiger partial charge in [0.1, 0.15) is 0 Å². The van der Waals surface area contributed by atoms with Gasteiger partial charge in [-0.25, -0.2) is 0 Å². The van der Waals surface area contributed by atoms with E-state index in [1.807, 2.05) is 0 Å². The van der Waals surface area contributed by atoms with Crippen LogP contribution in [0.3, 0.4) is 0 Å². The Hall–Kier alpha value is -0.0400. The van der Waals surface area contributed by atoms with Gasteiger partial charge in [0.25, 0.3) is 0 Å². The van der Waals surface area contributed by atoms with Crippen molar-refractivity contribution in [3.05, 3.63) is 0 Å². The van der Waals surface area contributed by atoms with Crippen molar-refractivity contribution >= 4 is 0 Å². The first kappa shape index (κ1) is 29.0. The number of rotatable bonds is 24. The van der Waals surface area contributed by atoms with Crippen LogP contribution in [0.1, 0.15) is 169 Å². The largest absolute Gasteiger partial charge is 0.312 e. The minimum atomic E-state index is 0.696. The number of nitrogens with one attached hydrogen (secondary N) is 1. The highest BCUT2D eigenvalue weighted by Gasteiger charge is 2.07. The maximum Gasteiger partial charge on any atom is 0.00412 e. The zero-order valence-electron chi connectivity index (χ0n) is 21.2. The summed E-state index contributed by atoms with van der Waals surface area (Å²) in [5, 5.41) is 3.84. The molecule has 176 valence electrons. The lowest BCUT2D eigenvalue weighted by molar-refractivity contribution is 0.402. The van der Waals surface area contributed by atoms with E-state index < -0.39 is 0 Å². The quantitative estimate of drug-likeness (QED) is 0.156. The Bertz CT molecular complexity index is 260. The topological polar surface area (TPSA) is 12.0 Å². The first-order valence-electron chi connectivity index (χ1n) is 14.0. The van der Waals surface area contributed by atoms with Crippen molar-refractivity contribution in [3.63, 3.8) is 0 Å². The molecule has 0 aromatic carbocycles. The molecule has 0 bridgehead atoms. The van der Waals surface area contributed by atoms with Gasteiger partial charge in [0.05, 0.1) is 0 Å². The van der Waals surface area contributed by atoms with Gasteiger partial charge in [0.15, 0.2) is 0 Å². The van der Waals surface area contributed by atoms with Crippen LogP contribution < -0.4 is 5.32 Å². The SMILES string of the molecule is CCCCCCCCCCCCC(C)NC(C)CCCCCCCCCCCC. The molecule has 0 heterocycles. The lowest BCUT2D eigenvalue weighted by Crippen LogP contribution is -2.34. The Morgan fingerprint density at radius 3 is 0.897 bits per heavy atom. The van der Waals surface area contributed by atoms with Gasteiger partial charge in [0, 0.05) is 12.1 Å². The summed E-state index contributed by atoms with van der Waals surface area (Å²) < 4.78 is 0. The second kappa shape index (κ2) is 24.2. The summed E-state index contributed by atoms with van der Waals surface area (Å²) in [5.41, 5.74) is 0. The molecule has 2 atom stereocenters. The fourth-order valence-electron chi connectivity index (χ4n) is 4.53. The molecule has 0 saturated carbocycles. The van der Waals surface area contributed by atoms with Crippen LogP contribution in [0.2, 0.25) is 0 Å². The summed E-state index contributed by atoms with van der Waals surface area (Å²) in [4.78, 5) is 0. The molecule has 0 radical (unpaired) electrons. The predicted octanol–water partition coefficient (Wildman–Crippen LogP) is 9.97. The van der Waals surface area contributed by atoms with Crippen LogP contribution in [0.15, 0.2) is 0 Å². The summed E-state index contributed by atoms with van der Waals surface area (Å²) in [6, 6.07) is 1.39. The van der Waals surface area contributed by atoms with E-state index in [-0.39, 0.29) is 0 Å². The molecule has 0 aromatic heterocycles. The third-order valence-corrected chi connectivity index (χ3v) is 6.55. The summed E-state index contributed by atoms with van der Waals surface area (Å²) in [6.45, 7) is 9.38. The average Bonchev–Trinajstić information content (AvgIpc) is 2.70. The van der Waals surface area contributed by atoms with Crippen LogP contribution in [0, 0.1) is 0 Å². The van der Waals surface area contributed by atoms with Gasteiger partial charge < -0.3 is 5.32 Å². The van der Waals surface area contributed by atoms with Gasteiger partial charge in [-0.1, -0.05) is 142 Å². The second-order valence-corrected chi connectivity index (χ2v) is 9.91. The van der Waals surface area contributed by atoms with Crippen molar-refractivity contribution in [2.45, 2.75) is 181 Å². The van der Waals surface area contributed by atoms with E-state index in [9.17, 15) is 0 Å². The van der Waals surface area contributed by atoms with E-state index in [1.165, 1.54) is 141 Å². The fourth-order valence-corrected chi connectivity index (χ4v) is 4.53. The summed E-state index contributed by atoms with van der Waals surface area (Å²) in [5.74, 6) is 0. The molecule has 0 amide bonds. The van der Waals surface area contributed by atoms with Crippen molar-refractivity contribution in [2.24, 2.45) is 0 Å². The second-order valence-electron chi connectivity index (χ2n) is 9.91. The Labute approximate surface area is 186 Å². The van der Waals surface area contributed by atoms with Crippen molar-refractivity contribution in [1.29, 1.82) is 0 Å². The normalized spacial score (nSPS) is 13.7. The van der Waals surface area contributed by atoms with Crippen molar-refractivity contribution in [3.8, 4) is 0 Å². The van der Waals surface area contributed by atoms with Crippen LogP contribution >= 0.6 is 0 Å². The third-order valence-electron chi connectivity index (χ3n) is 6.55. The first-order valence-corrected chi connectivity index (χ1v) is 14.0. The molecule has 0 aliphatic rings. The standard InChI is InChI=1S/C28H59N/c1-5-7-9-11-13-15-17-19-21-23-25-27(3)29-28(4)26-24-22-20-18-16-14-12-10-8-6-2/h27-29H,5-26H2,1-4H3. The monoisotopic (exact) mass is 409 g/mol. The molecule has 0 aromatic rings. The Kier molecular flexibility index (Phi) is 24.2. The molecule has 1 nitrogen and oxygen atoms in total. The van der Waals surface area contributed by atoms with E-state index in [0.717, 1.165) is 0 Å². The molecule has 1 heteroatoms. The minimum absolute atomic E-state index is 0.696. The van der Waals surface area contributed by atoms with Gasteiger partial charge >= 0.3 is 0 Å². The Morgan fingerprint density at radius 2 is 0.621 bits per heavy atom. The summed E-state index contributed by atoms with van der Waals surface area (Å²) in [6.07, 6.45) is 31.5. The number of unbranched alkanes of at least 4 members (excludes halogenated alkanes) is 18. The molecule has 0 rings (SSSR count). The first-order chi connectivity index (χ1) is 14.2. The van der Waals surface area contributed by atoms with E-state index in [0.29, 0.717) is 12.1 Å². The molecular weight excluding hydrogens is 350 g/mol. The molecule has 0 saturated heterocycles. The van der Waals surface area contributed by atoms with E-state index >= 15 is 0 Å². The van der Waals surface area contributed by atoms with Crippen LogP contribution in [-0.4, -0.2) is 12.1 Å². The van der Waals surface area contributed by atoms with Crippen molar-refractivity contribution < 1.29 is 0 Å². The Morgan fingerprint density at radius 1 is 0.379 bits per heavy atom. The zero-order chi connectivity index (χ0) is 21.4. The van der Waals surface area contributed by atoms with Crippen LogP contribution in [0.4, 0.5) is 0 Å². The lowest BCUT2D eigenvalue weighted by atomic mass is 10.0. The maximum absolute atomic E-state index is 3.84. The van der Waals surface area contributed by atoms with Gasteiger partial charge in [-0.2, -0.15) is 0 Å². The smallest absolute Gasteiger partial charge is 0.00412 e. The van der Waals surface area contributed by atoms with Crippen molar-refractivity contribution in [1.82, 2.24) is 5.32 Å². The molecule has 1 N–H and O–H groups in total. The van der Waals surface area contributed by atoms with Gasteiger partial charge in [-0.15, -0.1) is 0 Å². The highest BCUT2D eigenvalue weighted by molar-refractivity contribution is 4.68. The molecular formula is C28H59N. The minimum Gasteiger partial charge on any atom is -0.312 e. The van der Waals surface area contributed by atoms with Crippen molar-refractivity contribution in [2.75, 3.05) is 0 Å². The van der Waals surface area contributed by atoms with Crippen LogP contribution in [0.5, 0.6) is 0 Å². The highest BCUT2D eigenvalue weighted by Crippen LogP contribution is 2.14. The zero-order valence-corrected chi connectivity index (χ0v) is 21.2. The van der Waals surface area contributed by atoms with Crippen LogP contribution in [-0.2, 0) is 0 Å². The van der Waals surface area contributed by atoms with E-state index in [4.69, 9.17) is 0 Å².